The molecule has 3 aromatic carbocycles. The summed E-state index contributed by atoms with van der Waals surface area (Å²) in [6.07, 6.45) is 1.39. The highest BCUT2D eigenvalue weighted by Gasteiger charge is 2.13. The predicted octanol–water partition coefficient (Wildman–Crippen LogP) is 3.83. The van der Waals surface area contributed by atoms with Crippen LogP contribution < -0.4 is 19.6 Å². The van der Waals surface area contributed by atoms with E-state index in [2.05, 4.69) is 10.5 Å². The zero-order valence-electron chi connectivity index (χ0n) is 16.8. The van der Waals surface area contributed by atoms with Gasteiger partial charge in [-0.2, -0.15) is 5.10 Å². The van der Waals surface area contributed by atoms with E-state index in [1.54, 1.807) is 42.5 Å². The quantitative estimate of drug-likeness (QED) is 0.271. The fraction of sp³-hybridized carbons (Fsp3) is 0.0870. The summed E-state index contributed by atoms with van der Waals surface area (Å²) in [6.45, 7) is 0. The number of hydrogen-bond donors (Lipinski definition) is 1. The van der Waals surface area contributed by atoms with Gasteiger partial charge in [-0.25, -0.2) is 14.6 Å². The third-order valence-electron chi connectivity index (χ3n) is 4.21. The van der Waals surface area contributed by atoms with Crippen molar-refractivity contribution in [1.29, 1.82) is 0 Å². The number of carbonyl (C=O) groups is 2. The number of methoxy groups -OCH3 is 2. The summed E-state index contributed by atoms with van der Waals surface area (Å²) in [5, 5.41) is 3.81. The average Bonchev–Trinajstić information content (AvgIpc) is 2.79. The summed E-state index contributed by atoms with van der Waals surface area (Å²) >= 11 is 0. The normalized spacial score (nSPS) is 10.5. The number of carbonyl (C=O) groups excluding carboxylic acids is 2. The molecule has 0 heterocycles. The van der Waals surface area contributed by atoms with Gasteiger partial charge in [0.15, 0.2) is 11.5 Å². The van der Waals surface area contributed by atoms with Crippen LogP contribution in [0.2, 0.25) is 0 Å². The van der Waals surface area contributed by atoms with Gasteiger partial charge in [-0.1, -0.05) is 12.1 Å². The van der Waals surface area contributed by atoms with Gasteiger partial charge < -0.3 is 14.2 Å². The fourth-order valence-corrected chi connectivity index (χ4v) is 2.62. The number of hydrazone groups is 1. The van der Waals surface area contributed by atoms with Crippen molar-refractivity contribution in [3.63, 3.8) is 0 Å². The van der Waals surface area contributed by atoms with E-state index in [4.69, 9.17) is 14.2 Å². The maximum atomic E-state index is 13.6. The van der Waals surface area contributed by atoms with Crippen LogP contribution in [0.25, 0.3) is 0 Å². The van der Waals surface area contributed by atoms with E-state index in [1.165, 1.54) is 44.7 Å². The zero-order chi connectivity index (χ0) is 22.2. The lowest BCUT2D eigenvalue weighted by atomic mass is 10.2. The maximum absolute atomic E-state index is 13.6. The van der Waals surface area contributed by atoms with Crippen LogP contribution in [0.4, 0.5) is 4.39 Å². The second-order valence-corrected chi connectivity index (χ2v) is 6.21. The third-order valence-corrected chi connectivity index (χ3v) is 4.21. The summed E-state index contributed by atoms with van der Waals surface area (Å²) in [6, 6.07) is 16.8. The molecule has 0 aromatic heterocycles. The summed E-state index contributed by atoms with van der Waals surface area (Å²) in [4.78, 5) is 24.3. The van der Waals surface area contributed by atoms with Crippen LogP contribution in [0.3, 0.4) is 0 Å². The second kappa shape index (κ2) is 10.0. The predicted molar refractivity (Wildman–Crippen MR) is 112 cm³/mol. The molecule has 0 saturated carbocycles. The van der Waals surface area contributed by atoms with Gasteiger partial charge in [0.2, 0.25) is 0 Å². The summed E-state index contributed by atoms with van der Waals surface area (Å²) in [7, 11) is 2.98. The summed E-state index contributed by atoms with van der Waals surface area (Å²) in [5.74, 6) is -0.594. The molecule has 1 amide bonds. The first-order chi connectivity index (χ1) is 15.0. The van der Waals surface area contributed by atoms with E-state index in [-0.39, 0.29) is 5.56 Å². The SMILES string of the molecule is COc1ccc(C(=O)Oc2ccc(/C=N\NC(=O)c3ccccc3F)cc2)cc1OC. The first-order valence-electron chi connectivity index (χ1n) is 9.14. The van der Waals surface area contributed by atoms with Crippen LogP contribution in [-0.4, -0.2) is 32.3 Å². The van der Waals surface area contributed by atoms with Gasteiger partial charge in [-0.3, -0.25) is 4.79 Å². The van der Waals surface area contributed by atoms with Crippen molar-refractivity contribution >= 4 is 18.1 Å². The molecule has 0 bridgehead atoms. The lowest BCUT2D eigenvalue weighted by Crippen LogP contribution is -2.18. The molecule has 0 aliphatic rings. The number of rotatable bonds is 7. The number of esters is 1. The molecule has 0 saturated heterocycles. The smallest absolute Gasteiger partial charge is 0.343 e. The van der Waals surface area contributed by atoms with Crippen molar-refractivity contribution in [2.75, 3.05) is 14.2 Å². The topological polar surface area (TPSA) is 86.2 Å². The van der Waals surface area contributed by atoms with Gasteiger partial charge in [0.05, 0.1) is 31.6 Å². The number of halogens is 1. The molecule has 0 radical (unpaired) electrons. The standard InChI is InChI=1S/C23H19FN2O5/c1-29-20-12-9-16(13-21(20)30-2)23(28)31-17-10-7-15(8-11-17)14-25-26-22(27)18-5-3-4-6-19(18)24/h3-14H,1-2H3,(H,26,27)/b25-14-. The highest BCUT2D eigenvalue weighted by molar-refractivity contribution is 5.95. The number of hydrogen-bond acceptors (Lipinski definition) is 6. The van der Waals surface area contributed by atoms with Crippen LogP contribution in [0.15, 0.2) is 71.8 Å². The van der Waals surface area contributed by atoms with Crippen molar-refractivity contribution in [2.45, 2.75) is 0 Å². The number of benzene rings is 3. The number of nitrogens with one attached hydrogen (secondary N) is 1. The van der Waals surface area contributed by atoms with E-state index in [0.29, 0.717) is 28.4 Å². The number of nitrogens with zero attached hydrogens (tertiary/aromatic N) is 1. The summed E-state index contributed by atoms with van der Waals surface area (Å²) in [5.41, 5.74) is 3.10. The minimum atomic E-state index is -0.658. The van der Waals surface area contributed by atoms with E-state index in [0.717, 1.165) is 0 Å². The molecule has 0 aliphatic carbocycles. The van der Waals surface area contributed by atoms with Gasteiger partial charge in [0.1, 0.15) is 11.6 Å². The second-order valence-electron chi connectivity index (χ2n) is 6.21. The molecule has 31 heavy (non-hydrogen) atoms. The molecule has 0 spiro atoms. The molecule has 7 nitrogen and oxygen atoms in total. The Labute approximate surface area is 178 Å². The van der Waals surface area contributed by atoms with E-state index in [1.807, 2.05) is 0 Å². The van der Waals surface area contributed by atoms with E-state index >= 15 is 0 Å². The molecule has 158 valence electrons. The van der Waals surface area contributed by atoms with Crippen LogP contribution >= 0.6 is 0 Å². The molecule has 0 unspecified atom stereocenters. The van der Waals surface area contributed by atoms with Crippen LogP contribution in [0.5, 0.6) is 17.2 Å². The highest BCUT2D eigenvalue weighted by Crippen LogP contribution is 2.28. The molecular formula is C23H19FN2O5. The highest BCUT2D eigenvalue weighted by atomic mass is 19.1. The third kappa shape index (κ3) is 5.45. The van der Waals surface area contributed by atoms with Gasteiger partial charge in [0.25, 0.3) is 5.91 Å². The Morgan fingerprint density at radius 1 is 0.935 bits per heavy atom. The Morgan fingerprint density at radius 2 is 1.65 bits per heavy atom. The van der Waals surface area contributed by atoms with Crippen LogP contribution in [0.1, 0.15) is 26.3 Å². The number of ether oxygens (including phenoxy) is 3. The number of amides is 1. The Bertz CT molecular complexity index is 1110. The first-order valence-corrected chi connectivity index (χ1v) is 9.14. The van der Waals surface area contributed by atoms with Gasteiger partial charge in [0, 0.05) is 0 Å². The minimum Gasteiger partial charge on any atom is -0.493 e. The fourth-order valence-electron chi connectivity index (χ4n) is 2.62. The average molecular weight is 422 g/mol. The lowest BCUT2D eigenvalue weighted by molar-refractivity contribution is 0.0734. The van der Waals surface area contributed by atoms with Crippen molar-refractivity contribution in [1.82, 2.24) is 5.43 Å². The molecule has 8 heteroatoms. The molecule has 0 aliphatic heterocycles. The van der Waals surface area contributed by atoms with Crippen molar-refractivity contribution in [2.24, 2.45) is 5.10 Å². The molecule has 3 aromatic rings. The molecule has 0 fully saturated rings. The van der Waals surface area contributed by atoms with Crippen molar-refractivity contribution < 1.29 is 28.2 Å². The molecule has 0 atom stereocenters. The Hall–Kier alpha value is -4.20. The van der Waals surface area contributed by atoms with Crippen molar-refractivity contribution in [3.05, 3.63) is 89.2 Å². The molecule has 3 rings (SSSR count). The van der Waals surface area contributed by atoms with Gasteiger partial charge in [-0.05, 0) is 60.2 Å². The Morgan fingerprint density at radius 3 is 2.32 bits per heavy atom. The maximum Gasteiger partial charge on any atom is 0.343 e. The Balaban J connectivity index is 1.60. The lowest BCUT2D eigenvalue weighted by Gasteiger charge is -2.09. The largest absolute Gasteiger partial charge is 0.493 e. The van der Waals surface area contributed by atoms with E-state index in [9.17, 15) is 14.0 Å². The van der Waals surface area contributed by atoms with Gasteiger partial charge >= 0.3 is 5.97 Å². The van der Waals surface area contributed by atoms with Crippen molar-refractivity contribution in [3.8, 4) is 17.2 Å². The monoisotopic (exact) mass is 422 g/mol. The van der Waals surface area contributed by atoms with Crippen LogP contribution in [0, 0.1) is 5.82 Å². The summed E-state index contributed by atoms with van der Waals surface area (Å²) < 4.78 is 29.3. The zero-order valence-corrected chi connectivity index (χ0v) is 16.8. The molecular weight excluding hydrogens is 403 g/mol. The first kappa shape index (κ1) is 21.5. The van der Waals surface area contributed by atoms with E-state index < -0.39 is 17.7 Å². The Kier molecular flexibility index (Phi) is 6.95. The molecule has 1 N–H and O–H groups in total. The van der Waals surface area contributed by atoms with Crippen LogP contribution in [-0.2, 0) is 0 Å². The minimum absolute atomic E-state index is 0.0999. The van der Waals surface area contributed by atoms with Gasteiger partial charge in [-0.15, -0.1) is 0 Å².